The van der Waals surface area contributed by atoms with E-state index < -0.39 is 6.16 Å². The van der Waals surface area contributed by atoms with Crippen molar-refractivity contribution in [2.75, 3.05) is 33.8 Å². The molecule has 1 atom stereocenters. The Morgan fingerprint density at radius 2 is 1.76 bits per heavy atom. The lowest BCUT2D eigenvalue weighted by Gasteiger charge is -2.34. The quantitative estimate of drug-likeness (QED) is 0.287. The van der Waals surface area contributed by atoms with Gasteiger partial charge in [0, 0.05) is 37.7 Å². The zero-order valence-corrected chi connectivity index (χ0v) is 25.0. The number of aryl methyl sites for hydroxylation is 1. The average Bonchev–Trinajstić information content (AvgIpc) is 3.19. The Morgan fingerprint density at radius 3 is 2.34 bits per heavy atom. The summed E-state index contributed by atoms with van der Waals surface area (Å²) in [6.45, 7) is 4.82. The molecule has 41 heavy (non-hydrogen) atoms. The van der Waals surface area contributed by atoms with Crippen molar-refractivity contribution in [1.82, 2.24) is 14.7 Å². The lowest BCUT2D eigenvalue weighted by molar-refractivity contribution is -0.125. The van der Waals surface area contributed by atoms with Crippen LogP contribution in [-0.2, 0) is 17.8 Å². The Labute approximate surface area is 247 Å². The molecule has 3 amide bonds. The van der Waals surface area contributed by atoms with Crippen LogP contribution < -0.4 is 4.74 Å². The number of rotatable bonds is 11. The molecule has 2 aromatic rings. The number of ether oxygens (including phenoxy) is 1. The van der Waals surface area contributed by atoms with E-state index in [0.717, 1.165) is 41.8 Å². The van der Waals surface area contributed by atoms with Gasteiger partial charge in [0.1, 0.15) is 12.3 Å². The van der Waals surface area contributed by atoms with Crippen molar-refractivity contribution < 1.29 is 29.3 Å². The van der Waals surface area contributed by atoms with Crippen molar-refractivity contribution >= 4 is 29.7 Å². The fourth-order valence-electron chi connectivity index (χ4n) is 5.66. The van der Waals surface area contributed by atoms with E-state index in [2.05, 4.69) is 42.2 Å². The van der Waals surface area contributed by atoms with Gasteiger partial charge in [-0.15, -0.1) is 0 Å². The van der Waals surface area contributed by atoms with Crippen LogP contribution in [0.3, 0.4) is 0 Å². The molecule has 0 unspecified atom stereocenters. The van der Waals surface area contributed by atoms with Gasteiger partial charge in [0.25, 0.3) is 0 Å². The zero-order valence-electron chi connectivity index (χ0n) is 24.2. The number of carboxylic acid groups (broad SMARTS) is 2. The van der Waals surface area contributed by atoms with Crippen molar-refractivity contribution in [3.8, 4) is 5.75 Å². The van der Waals surface area contributed by atoms with Gasteiger partial charge in [0.2, 0.25) is 5.91 Å². The van der Waals surface area contributed by atoms with Gasteiger partial charge in [0.05, 0.1) is 7.11 Å². The van der Waals surface area contributed by atoms with E-state index in [9.17, 15) is 9.59 Å². The normalized spacial score (nSPS) is 16.5. The molecule has 0 bridgehead atoms. The van der Waals surface area contributed by atoms with Crippen LogP contribution >= 0.6 is 11.6 Å². The number of methoxy groups -OCH3 is 1. The molecule has 1 saturated heterocycles. The molecule has 10 heteroatoms. The van der Waals surface area contributed by atoms with Gasteiger partial charge in [0.15, 0.2) is 0 Å². The Hall–Kier alpha value is -3.30. The third-order valence-corrected chi connectivity index (χ3v) is 8.17. The number of carbonyl (C=O) groups excluding carboxylic acids is 2. The summed E-state index contributed by atoms with van der Waals surface area (Å²) in [5.41, 5.74) is 3.60. The van der Waals surface area contributed by atoms with Crippen LogP contribution in [-0.4, -0.2) is 76.8 Å². The van der Waals surface area contributed by atoms with Gasteiger partial charge in [-0.05, 0) is 73.4 Å². The first-order chi connectivity index (χ1) is 19.6. The fraction of sp³-hybridized carbons (Fsp3) is 0.516. The Kier molecular flexibility index (Phi) is 12.3. The molecule has 4 rings (SSSR count). The van der Waals surface area contributed by atoms with Crippen molar-refractivity contribution in [2.45, 2.75) is 64.5 Å². The standard InChI is InChI=1S/C30H40ClN3O3.CH2O3/c1-22(25-13-15-27(31)16-14-25)33(19-23-8-5-4-6-9-23)20-24-11-12-26(28(18-24)37-3)10-7-17-34-29(35)21-32(2)30(34)36;2-1(3)4/h11-16,18,22-23H,4-10,17,19-21H2,1-3H3;(H2,2,3,4)/t22-;/m0./s1. The lowest BCUT2D eigenvalue weighted by Crippen LogP contribution is -2.33. The average molecular weight is 588 g/mol. The third kappa shape index (κ3) is 9.64. The van der Waals surface area contributed by atoms with Gasteiger partial charge in [-0.2, -0.15) is 0 Å². The molecule has 224 valence electrons. The monoisotopic (exact) mass is 587 g/mol. The minimum absolute atomic E-state index is 0.123. The molecular formula is C31H42ClN3O6. The van der Waals surface area contributed by atoms with E-state index in [1.807, 2.05) is 12.1 Å². The second kappa shape index (κ2) is 15.6. The molecule has 1 aliphatic carbocycles. The summed E-state index contributed by atoms with van der Waals surface area (Å²) in [5, 5.41) is 14.7. The Bertz CT molecular complexity index is 1160. The van der Waals surface area contributed by atoms with Crippen molar-refractivity contribution in [3.05, 3.63) is 64.2 Å². The van der Waals surface area contributed by atoms with Gasteiger partial charge in [-0.25, -0.2) is 9.59 Å². The van der Waals surface area contributed by atoms with Crippen LogP contribution in [0, 0.1) is 5.92 Å². The molecule has 9 nitrogen and oxygen atoms in total. The number of hydrogen-bond donors (Lipinski definition) is 2. The highest BCUT2D eigenvalue weighted by molar-refractivity contribution is 6.30. The molecular weight excluding hydrogens is 546 g/mol. The van der Waals surface area contributed by atoms with Crippen LogP contribution in [0.5, 0.6) is 5.75 Å². The molecule has 2 aliphatic rings. The van der Waals surface area contributed by atoms with Crippen LogP contribution in [0.4, 0.5) is 9.59 Å². The summed E-state index contributed by atoms with van der Waals surface area (Å²) in [6.07, 6.45) is 6.27. The summed E-state index contributed by atoms with van der Waals surface area (Å²) in [7, 11) is 3.37. The zero-order chi connectivity index (χ0) is 29.9. The molecule has 2 N–H and O–H groups in total. The van der Waals surface area contributed by atoms with Crippen molar-refractivity contribution in [2.24, 2.45) is 5.92 Å². The van der Waals surface area contributed by atoms with Crippen molar-refractivity contribution in [1.29, 1.82) is 0 Å². The van der Waals surface area contributed by atoms with Crippen molar-refractivity contribution in [3.63, 3.8) is 0 Å². The molecule has 0 aromatic heterocycles. The summed E-state index contributed by atoms with van der Waals surface area (Å²) in [5.74, 6) is 1.48. The minimum Gasteiger partial charge on any atom is -0.496 e. The highest BCUT2D eigenvalue weighted by Crippen LogP contribution is 2.31. The maximum absolute atomic E-state index is 12.1. The van der Waals surface area contributed by atoms with E-state index >= 15 is 0 Å². The van der Waals surface area contributed by atoms with Crippen LogP contribution in [0.2, 0.25) is 5.02 Å². The highest BCUT2D eigenvalue weighted by atomic mass is 35.5. The van der Waals surface area contributed by atoms with Gasteiger partial charge < -0.3 is 19.8 Å². The van der Waals surface area contributed by atoms with Gasteiger partial charge >= 0.3 is 12.2 Å². The molecule has 1 saturated carbocycles. The molecule has 1 heterocycles. The lowest BCUT2D eigenvalue weighted by atomic mass is 9.88. The number of urea groups is 1. The molecule has 0 spiro atoms. The predicted molar refractivity (Wildman–Crippen MR) is 159 cm³/mol. The number of carbonyl (C=O) groups is 3. The van der Waals surface area contributed by atoms with E-state index in [1.165, 1.54) is 53.0 Å². The molecule has 2 aromatic carbocycles. The molecule has 0 radical (unpaired) electrons. The number of halogens is 1. The summed E-state index contributed by atoms with van der Waals surface area (Å²) < 4.78 is 5.77. The van der Waals surface area contributed by atoms with E-state index in [0.29, 0.717) is 13.0 Å². The number of amides is 3. The largest absolute Gasteiger partial charge is 0.503 e. The Morgan fingerprint density at radius 1 is 1.10 bits per heavy atom. The first-order valence-electron chi connectivity index (χ1n) is 14.2. The fourth-order valence-corrected chi connectivity index (χ4v) is 5.78. The summed E-state index contributed by atoms with van der Waals surface area (Å²) in [6, 6.07) is 14.8. The first-order valence-corrected chi connectivity index (χ1v) is 14.6. The van der Waals surface area contributed by atoms with Gasteiger partial charge in [-0.3, -0.25) is 14.6 Å². The third-order valence-electron chi connectivity index (χ3n) is 7.91. The maximum atomic E-state index is 12.1. The summed E-state index contributed by atoms with van der Waals surface area (Å²) in [4.78, 5) is 38.1. The van der Waals surface area contributed by atoms with Crippen LogP contribution in [0.25, 0.3) is 0 Å². The SMILES string of the molecule is COc1cc(CN(CC2CCCCC2)[C@@H](C)c2ccc(Cl)cc2)ccc1CCCN1C(=O)CN(C)C1=O.O=C(O)O. The second-order valence-electron chi connectivity index (χ2n) is 10.9. The number of imide groups is 1. The Balaban J connectivity index is 0.00000108. The summed E-state index contributed by atoms with van der Waals surface area (Å²) >= 11 is 6.16. The van der Waals surface area contributed by atoms with E-state index in [-0.39, 0.29) is 24.5 Å². The smallest absolute Gasteiger partial charge is 0.496 e. The topological polar surface area (TPSA) is 111 Å². The minimum atomic E-state index is -1.83. The molecule has 2 fully saturated rings. The van der Waals surface area contributed by atoms with E-state index in [4.69, 9.17) is 31.3 Å². The number of nitrogens with zero attached hydrogens (tertiary/aromatic N) is 3. The van der Waals surface area contributed by atoms with E-state index in [1.54, 1.807) is 14.2 Å². The maximum Gasteiger partial charge on any atom is 0.503 e. The van der Waals surface area contributed by atoms with Gasteiger partial charge in [-0.1, -0.05) is 55.1 Å². The van der Waals surface area contributed by atoms with Crippen LogP contribution in [0.15, 0.2) is 42.5 Å². The highest BCUT2D eigenvalue weighted by Gasteiger charge is 2.32. The van der Waals surface area contributed by atoms with Crippen LogP contribution in [0.1, 0.15) is 68.2 Å². The predicted octanol–water partition coefficient (Wildman–Crippen LogP) is 6.54. The second-order valence-corrected chi connectivity index (χ2v) is 11.3. The first kappa shape index (κ1) is 32.2. The molecule has 1 aliphatic heterocycles. The number of likely N-dealkylation sites (N-methyl/N-ethyl adjacent to an activating group) is 1. The number of hydrogen-bond acceptors (Lipinski definition) is 5. The number of benzene rings is 2.